The summed E-state index contributed by atoms with van der Waals surface area (Å²) in [4.78, 5) is 21.8. The number of alkyl halides is 3. The van der Waals surface area contributed by atoms with Gasteiger partial charge in [0.1, 0.15) is 5.75 Å². The highest BCUT2D eigenvalue weighted by molar-refractivity contribution is 5.82. The molecule has 0 unspecified atom stereocenters. The second-order valence-electron chi connectivity index (χ2n) is 9.11. The van der Waals surface area contributed by atoms with Gasteiger partial charge >= 0.3 is 6.18 Å². The van der Waals surface area contributed by atoms with Crippen molar-refractivity contribution >= 4 is 17.3 Å². The molecule has 0 saturated carbocycles. The predicted molar refractivity (Wildman–Crippen MR) is 131 cm³/mol. The highest BCUT2D eigenvalue weighted by Gasteiger charge is 2.43. The van der Waals surface area contributed by atoms with Crippen molar-refractivity contribution in [2.75, 3.05) is 36.5 Å². The lowest BCUT2D eigenvalue weighted by atomic mass is 9.82. The first kappa shape index (κ1) is 24.0. The van der Waals surface area contributed by atoms with Gasteiger partial charge in [-0.1, -0.05) is 18.2 Å². The van der Waals surface area contributed by atoms with Crippen LogP contribution < -0.4 is 19.9 Å². The Bertz CT molecular complexity index is 1240. The number of nitrogens with zero attached hydrogens (tertiary/aromatic N) is 3. The van der Waals surface area contributed by atoms with E-state index in [1.54, 1.807) is 31.6 Å². The van der Waals surface area contributed by atoms with Crippen molar-refractivity contribution in [3.05, 3.63) is 83.7 Å². The number of hydrogen-bond donors (Lipinski definition) is 1. The smallest absolute Gasteiger partial charge is 0.416 e. The lowest BCUT2D eigenvalue weighted by Crippen LogP contribution is -2.61. The molecule has 2 atom stereocenters. The van der Waals surface area contributed by atoms with E-state index in [0.717, 1.165) is 28.8 Å². The largest absolute Gasteiger partial charge is 0.495 e. The molecule has 1 fully saturated rings. The highest BCUT2D eigenvalue weighted by atomic mass is 19.4. The van der Waals surface area contributed by atoms with Gasteiger partial charge < -0.3 is 19.9 Å². The van der Waals surface area contributed by atoms with Crippen LogP contribution in [-0.4, -0.2) is 43.7 Å². The van der Waals surface area contributed by atoms with E-state index in [-0.39, 0.29) is 18.4 Å². The Balaban J connectivity index is 1.46. The third kappa shape index (κ3) is 4.69. The number of amides is 1. The third-order valence-corrected chi connectivity index (χ3v) is 6.99. The van der Waals surface area contributed by atoms with Gasteiger partial charge in [-0.05, 0) is 53.9 Å². The number of rotatable bonds is 5. The van der Waals surface area contributed by atoms with E-state index in [9.17, 15) is 18.0 Å². The minimum absolute atomic E-state index is 0.182. The number of methoxy groups -OCH3 is 1. The van der Waals surface area contributed by atoms with Crippen LogP contribution in [0.5, 0.6) is 5.75 Å². The summed E-state index contributed by atoms with van der Waals surface area (Å²) in [5, 5.41) is 2.98. The lowest BCUT2D eigenvalue weighted by Gasteiger charge is -2.49. The van der Waals surface area contributed by atoms with Crippen LogP contribution in [0.25, 0.3) is 0 Å². The van der Waals surface area contributed by atoms with Crippen LogP contribution in [0.3, 0.4) is 0 Å². The van der Waals surface area contributed by atoms with Crippen LogP contribution in [0.2, 0.25) is 0 Å². The third-order valence-electron chi connectivity index (χ3n) is 6.99. The molecule has 3 heterocycles. The van der Waals surface area contributed by atoms with Gasteiger partial charge in [0.2, 0.25) is 5.91 Å². The molecule has 1 N–H and O–H groups in total. The van der Waals surface area contributed by atoms with Crippen LogP contribution in [0.15, 0.2) is 67.0 Å². The Labute approximate surface area is 207 Å². The Morgan fingerprint density at radius 3 is 2.69 bits per heavy atom. The molecule has 188 valence electrons. The number of carbonyl (C=O) groups excluding carboxylic acids is 1. The topological polar surface area (TPSA) is 57.7 Å². The van der Waals surface area contributed by atoms with E-state index in [4.69, 9.17) is 4.74 Å². The zero-order chi connectivity index (χ0) is 25.3. The second kappa shape index (κ2) is 9.72. The van der Waals surface area contributed by atoms with E-state index in [0.29, 0.717) is 31.7 Å². The molecule has 1 aromatic heterocycles. The summed E-state index contributed by atoms with van der Waals surface area (Å²) in [7, 11) is 1.62. The number of nitrogens with one attached hydrogen (secondary N) is 1. The maximum atomic E-state index is 13.5. The molecule has 3 aromatic rings. The summed E-state index contributed by atoms with van der Waals surface area (Å²) in [6, 6.07) is 15.1. The summed E-state index contributed by atoms with van der Waals surface area (Å²) >= 11 is 0. The minimum atomic E-state index is -4.44. The van der Waals surface area contributed by atoms with Crippen molar-refractivity contribution < 1.29 is 22.7 Å². The molecule has 2 aliphatic heterocycles. The molecule has 1 amide bonds. The van der Waals surface area contributed by atoms with Crippen LogP contribution in [0, 0.1) is 5.92 Å². The monoisotopic (exact) mass is 496 g/mol. The fourth-order valence-corrected chi connectivity index (χ4v) is 5.23. The first-order valence-electron chi connectivity index (χ1n) is 11.9. The average Bonchev–Trinajstić information content (AvgIpc) is 2.90. The van der Waals surface area contributed by atoms with Gasteiger partial charge in [0.25, 0.3) is 0 Å². The molecular formula is C27H27F3N4O2. The highest BCUT2D eigenvalue weighted by Crippen LogP contribution is 2.41. The van der Waals surface area contributed by atoms with Crippen molar-refractivity contribution in [2.45, 2.75) is 25.2 Å². The van der Waals surface area contributed by atoms with Crippen molar-refractivity contribution in [1.29, 1.82) is 0 Å². The number of benzene rings is 2. The number of para-hydroxylation sites is 2. The molecule has 0 spiro atoms. The fraction of sp³-hybridized carbons (Fsp3) is 0.333. The maximum Gasteiger partial charge on any atom is 0.416 e. The molecular weight excluding hydrogens is 469 g/mol. The number of carbonyl (C=O) groups is 1. The van der Waals surface area contributed by atoms with E-state index in [1.165, 1.54) is 6.07 Å². The summed E-state index contributed by atoms with van der Waals surface area (Å²) in [6.45, 7) is 2.09. The molecule has 0 bridgehead atoms. The molecule has 2 aliphatic rings. The van der Waals surface area contributed by atoms with Crippen LogP contribution in [0.4, 0.5) is 24.5 Å². The number of hydrogen-bond acceptors (Lipinski definition) is 5. The number of anilines is 2. The number of halogens is 3. The van der Waals surface area contributed by atoms with Gasteiger partial charge in [-0.2, -0.15) is 13.2 Å². The van der Waals surface area contributed by atoms with Gasteiger partial charge in [0, 0.05) is 44.3 Å². The summed E-state index contributed by atoms with van der Waals surface area (Å²) < 4.78 is 45.9. The molecule has 0 aliphatic carbocycles. The normalized spacial score (nSPS) is 19.3. The zero-order valence-corrected chi connectivity index (χ0v) is 19.8. The fourth-order valence-electron chi connectivity index (χ4n) is 5.23. The predicted octanol–water partition coefficient (Wildman–Crippen LogP) is 4.29. The second-order valence-corrected chi connectivity index (χ2v) is 9.11. The number of piperazine rings is 1. The molecule has 6 nitrogen and oxygen atoms in total. The van der Waals surface area contributed by atoms with Crippen molar-refractivity contribution in [1.82, 2.24) is 10.3 Å². The minimum Gasteiger partial charge on any atom is -0.495 e. The van der Waals surface area contributed by atoms with Crippen LogP contribution in [-0.2, 0) is 23.9 Å². The Kier molecular flexibility index (Phi) is 6.47. The quantitative estimate of drug-likeness (QED) is 0.571. The van der Waals surface area contributed by atoms with Gasteiger partial charge in [0.15, 0.2) is 0 Å². The molecule has 1 saturated heterocycles. The molecule has 2 aromatic carbocycles. The van der Waals surface area contributed by atoms with Crippen molar-refractivity contribution in [3.8, 4) is 5.75 Å². The Hall–Kier alpha value is -3.75. The van der Waals surface area contributed by atoms with Crippen molar-refractivity contribution in [2.24, 2.45) is 5.92 Å². The standard InChI is InChI=1S/C27H27F3N4O2/c1-36-25-7-3-2-6-23(25)33-11-12-34-22-9-8-20(27(28,29)30)13-19(22)14-21(24(34)17-33)26(35)32-16-18-5-4-10-31-15-18/h2-10,13,15,21,24H,11-12,14,16-17H2,1H3,(H,32,35)/t21-,24-/m1/s1. The average molecular weight is 497 g/mol. The van der Waals surface area contributed by atoms with Crippen LogP contribution in [0.1, 0.15) is 16.7 Å². The van der Waals surface area contributed by atoms with Gasteiger partial charge in [0.05, 0.1) is 30.3 Å². The zero-order valence-electron chi connectivity index (χ0n) is 19.8. The summed E-state index contributed by atoms with van der Waals surface area (Å²) in [5.41, 5.74) is 2.42. The Morgan fingerprint density at radius 2 is 1.94 bits per heavy atom. The SMILES string of the molecule is COc1ccccc1N1CCN2c3ccc(C(F)(F)F)cc3C[C@@H](C(=O)NCc3cccnc3)[C@H]2C1. The molecule has 0 radical (unpaired) electrons. The number of ether oxygens (including phenoxy) is 1. The summed E-state index contributed by atoms with van der Waals surface area (Å²) in [5.74, 6) is 0.0449. The van der Waals surface area contributed by atoms with E-state index >= 15 is 0 Å². The van der Waals surface area contributed by atoms with E-state index in [1.807, 2.05) is 30.3 Å². The number of fused-ring (bicyclic) bond motifs is 3. The van der Waals surface area contributed by atoms with E-state index < -0.39 is 17.7 Å². The first-order chi connectivity index (χ1) is 17.3. The number of aromatic nitrogens is 1. The lowest BCUT2D eigenvalue weighted by molar-refractivity contribution is -0.137. The van der Waals surface area contributed by atoms with E-state index in [2.05, 4.69) is 20.1 Å². The van der Waals surface area contributed by atoms with Crippen molar-refractivity contribution in [3.63, 3.8) is 0 Å². The molecule has 9 heteroatoms. The molecule has 36 heavy (non-hydrogen) atoms. The number of pyridine rings is 1. The first-order valence-corrected chi connectivity index (χ1v) is 11.9. The Morgan fingerprint density at radius 1 is 1.11 bits per heavy atom. The van der Waals surface area contributed by atoms with Gasteiger partial charge in [-0.15, -0.1) is 0 Å². The van der Waals surface area contributed by atoms with Crippen LogP contribution >= 0.6 is 0 Å². The summed E-state index contributed by atoms with van der Waals surface area (Å²) in [6.07, 6.45) is -0.859. The van der Waals surface area contributed by atoms with Gasteiger partial charge in [-0.25, -0.2) is 0 Å². The maximum absolute atomic E-state index is 13.5. The van der Waals surface area contributed by atoms with Gasteiger partial charge in [-0.3, -0.25) is 9.78 Å². The molecule has 5 rings (SSSR count).